The minimum absolute atomic E-state index is 0.142. The molecule has 34 heavy (non-hydrogen) atoms. The first-order valence-corrected chi connectivity index (χ1v) is 12.1. The summed E-state index contributed by atoms with van der Waals surface area (Å²) in [7, 11) is 1.23. The van der Waals surface area contributed by atoms with Gasteiger partial charge in [-0.25, -0.2) is 14.7 Å². The highest BCUT2D eigenvalue weighted by Gasteiger charge is 2.30. The molecule has 10 heteroatoms. The molecule has 0 N–H and O–H groups in total. The van der Waals surface area contributed by atoms with Gasteiger partial charge in [0.1, 0.15) is 0 Å². The summed E-state index contributed by atoms with van der Waals surface area (Å²) in [4.78, 5) is 44.2. The van der Waals surface area contributed by atoms with E-state index in [0.29, 0.717) is 11.0 Å². The number of thioether (sulfide) groups is 1. The van der Waals surface area contributed by atoms with Crippen LogP contribution in [0.25, 0.3) is 11.0 Å². The van der Waals surface area contributed by atoms with Crippen molar-refractivity contribution in [1.29, 1.82) is 0 Å². The SMILES string of the molecule is CCCSc1ccc2nc(N(COC(=O)C(C)(C)C)C(=O)OC)n(COC(=O)C(C)(C)C)c2c1. The van der Waals surface area contributed by atoms with Gasteiger partial charge in [0.25, 0.3) is 0 Å². The molecule has 0 bridgehead atoms. The number of nitrogens with zero attached hydrogens (tertiary/aromatic N) is 3. The fourth-order valence-electron chi connectivity index (χ4n) is 2.71. The van der Waals surface area contributed by atoms with Gasteiger partial charge in [0.05, 0.1) is 29.0 Å². The Labute approximate surface area is 205 Å². The average Bonchev–Trinajstić information content (AvgIpc) is 3.11. The van der Waals surface area contributed by atoms with Crippen LogP contribution in [-0.4, -0.2) is 47.2 Å². The number of carbonyl (C=O) groups is 3. The number of carbonyl (C=O) groups excluding carboxylic acids is 3. The molecule has 2 aromatic rings. The molecule has 0 spiro atoms. The third-order valence-corrected chi connectivity index (χ3v) is 5.88. The first kappa shape index (κ1) is 27.5. The summed E-state index contributed by atoms with van der Waals surface area (Å²) in [6.45, 7) is 11.9. The molecule has 1 aromatic heterocycles. The van der Waals surface area contributed by atoms with Crippen molar-refractivity contribution in [3.8, 4) is 0 Å². The number of methoxy groups -OCH3 is 1. The molecule has 0 aliphatic rings. The Kier molecular flexibility index (Phi) is 8.99. The number of fused-ring (bicyclic) bond motifs is 1. The normalized spacial score (nSPS) is 11.9. The molecule has 0 unspecified atom stereocenters. The van der Waals surface area contributed by atoms with E-state index in [1.165, 1.54) is 7.11 Å². The maximum absolute atomic E-state index is 12.7. The second-order valence-corrected chi connectivity index (χ2v) is 11.0. The predicted octanol–water partition coefficient (Wildman–Crippen LogP) is 5.20. The van der Waals surface area contributed by atoms with Crippen LogP contribution in [0, 0.1) is 10.8 Å². The molecular formula is C24H35N3O6S. The first-order valence-electron chi connectivity index (χ1n) is 11.1. The number of ether oxygens (including phenoxy) is 3. The Balaban J connectivity index is 2.53. The lowest BCUT2D eigenvalue weighted by Crippen LogP contribution is -2.38. The predicted molar refractivity (Wildman–Crippen MR) is 132 cm³/mol. The van der Waals surface area contributed by atoms with E-state index in [0.717, 1.165) is 22.0 Å². The summed E-state index contributed by atoms with van der Waals surface area (Å²) in [6.07, 6.45) is 0.257. The van der Waals surface area contributed by atoms with Crippen LogP contribution in [0.2, 0.25) is 0 Å². The maximum Gasteiger partial charge on any atom is 0.419 e. The number of rotatable bonds is 8. The van der Waals surface area contributed by atoms with E-state index in [1.54, 1.807) is 57.9 Å². The molecule has 0 atom stereocenters. The summed E-state index contributed by atoms with van der Waals surface area (Å²) in [5.74, 6) is 0.202. The number of hydrogen-bond donors (Lipinski definition) is 0. The molecule has 188 valence electrons. The van der Waals surface area contributed by atoms with Crippen LogP contribution in [0.4, 0.5) is 10.7 Å². The molecule has 2 rings (SSSR count). The number of benzene rings is 1. The van der Waals surface area contributed by atoms with E-state index in [4.69, 9.17) is 14.2 Å². The van der Waals surface area contributed by atoms with Gasteiger partial charge in [-0.05, 0) is 71.9 Å². The van der Waals surface area contributed by atoms with Gasteiger partial charge < -0.3 is 14.2 Å². The monoisotopic (exact) mass is 493 g/mol. The molecule has 0 aliphatic heterocycles. The number of hydrogen-bond acceptors (Lipinski definition) is 8. The van der Waals surface area contributed by atoms with Crippen LogP contribution < -0.4 is 4.90 Å². The van der Waals surface area contributed by atoms with E-state index in [-0.39, 0.29) is 12.7 Å². The van der Waals surface area contributed by atoms with Crippen molar-refractivity contribution in [2.24, 2.45) is 10.8 Å². The second-order valence-electron chi connectivity index (χ2n) is 9.86. The van der Waals surface area contributed by atoms with Crippen molar-refractivity contribution in [2.45, 2.75) is 66.5 Å². The molecule has 1 aromatic carbocycles. The number of anilines is 1. The van der Waals surface area contributed by atoms with Crippen molar-refractivity contribution >= 4 is 46.8 Å². The molecular weight excluding hydrogens is 458 g/mol. The number of esters is 2. The summed E-state index contributed by atoms with van der Waals surface area (Å²) in [6, 6.07) is 5.73. The standard InChI is InChI=1S/C24H35N3O6S/c1-9-12-34-16-10-11-17-18(13-16)26(14-32-19(28)23(2,3)4)21(25-17)27(22(30)31-8)15-33-20(29)24(5,6)7/h10-11,13H,9,12,14-15H2,1-8H3. The Morgan fingerprint density at radius 3 is 2.21 bits per heavy atom. The van der Waals surface area contributed by atoms with Crippen molar-refractivity contribution in [1.82, 2.24) is 9.55 Å². The summed E-state index contributed by atoms with van der Waals surface area (Å²) in [5.41, 5.74) is -0.189. The minimum atomic E-state index is -0.763. The molecule has 1 heterocycles. The van der Waals surface area contributed by atoms with Gasteiger partial charge >= 0.3 is 18.0 Å². The summed E-state index contributed by atoms with van der Waals surface area (Å²) in [5, 5.41) is 0. The highest BCUT2D eigenvalue weighted by Crippen LogP contribution is 2.29. The number of amides is 1. The van der Waals surface area contributed by atoms with E-state index >= 15 is 0 Å². The van der Waals surface area contributed by atoms with E-state index in [9.17, 15) is 14.4 Å². The van der Waals surface area contributed by atoms with Gasteiger partial charge in [-0.2, -0.15) is 0 Å². The third kappa shape index (κ3) is 6.88. The lowest BCUT2D eigenvalue weighted by molar-refractivity contribution is -0.156. The van der Waals surface area contributed by atoms with Gasteiger partial charge in [-0.1, -0.05) is 6.92 Å². The first-order chi connectivity index (χ1) is 15.8. The maximum atomic E-state index is 12.7. The smallest absolute Gasteiger partial charge is 0.419 e. The van der Waals surface area contributed by atoms with Crippen molar-refractivity contribution in [3.05, 3.63) is 18.2 Å². The molecule has 0 fully saturated rings. The Morgan fingerprint density at radius 1 is 1.03 bits per heavy atom. The minimum Gasteiger partial charge on any atom is -0.452 e. The van der Waals surface area contributed by atoms with Gasteiger partial charge in [0.15, 0.2) is 13.5 Å². The van der Waals surface area contributed by atoms with Crippen molar-refractivity contribution in [3.63, 3.8) is 0 Å². The van der Waals surface area contributed by atoms with Crippen LogP contribution in [0.5, 0.6) is 0 Å². The molecule has 0 saturated carbocycles. The molecule has 0 saturated heterocycles. The zero-order valence-corrected chi connectivity index (χ0v) is 22.1. The van der Waals surface area contributed by atoms with E-state index in [1.807, 2.05) is 18.2 Å². The summed E-state index contributed by atoms with van der Waals surface area (Å²) < 4.78 is 17.5. The number of imidazole rings is 1. The lowest BCUT2D eigenvalue weighted by atomic mass is 9.97. The Morgan fingerprint density at radius 2 is 1.65 bits per heavy atom. The van der Waals surface area contributed by atoms with Gasteiger partial charge in [0.2, 0.25) is 5.95 Å². The van der Waals surface area contributed by atoms with Crippen LogP contribution in [0.15, 0.2) is 23.1 Å². The zero-order chi connectivity index (χ0) is 25.7. The van der Waals surface area contributed by atoms with Crippen LogP contribution >= 0.6 is 11.8 Å². The lowest BCUT2D eigenvalue weighted by Gasteiger charge is -2.24. The molecule has 1 amide bonds. The van der Waals surface area contributed by atoms with Crippen LogP contribution in [0.3, 0.4) is 0 Å². The highest BCUT2D eigenvalue weighted by atomic mass is 32.2. The number of aromatic nitrogens is 2. The van der Waals surface area contributed by atoms with Gasteiger partial charge in [0, 0.05) is 4.90 Å². The third-order valence-electron chi connectivity index (χ3n) is 4.68. The fraction of sp³-hybridized carbons (Fsp3) is 0.583. The quantitative estimate of drug-likeness (QED) is 0.214. The van der Waals surface area contributed by atoms with E-state index < -0.39 is 35.6 Å². The topological polar surface area (TPSA) is 100.0 Å². The highest BCUT2D eigenvalue weighted by molar-refractivity contribution is 7.99. The second kappa shape index (κ2) is 11.1. The Bertz CT molecular complexity index is 1040. The fourth-order valence-corrected chi connectivity index (χ4v) is 3.51. The molecule has 9 nitrogen and oxygen atoms in total. The Hall–Kier alpha value is -2.75. The van der Waals surface area contributed by atoms with Gasteiger partial charge in [-0.15, -0.1) is 11.8 Å². The van der Waals surface area contributed by atoms with Crippen LogP contribution in [0.1, 0.15) is 54.9 Å². The molecule has 0 radical (unpaired) electrons. The largest absolute Gasteiger partial charge is 0.452 e. The molecule has 0 aliphatic carbocycles. The van der Waals surface area contributed by atoms with Crippen molar-refractivity contribution in [2.75, 3.05) is 24.5 Å². The zero-order valence-electron chi connectivity index (χ0n) is 21.3. The van der Waals surface area contributed by atoms with E-state index in [2.05, 4.69) is 11.9 Å². The summed E-state index contributed by atoms with van der Waals surface area (Å²) >= 11 is 1.69. The van der Waals surface area contributed by atoms with Gasteiger partial charge in [-0.3, -0.25) is 14.2 Å². The van der Waals surface area contributed by atoms with Crippen LogP contribution in [-0.2, 0) is 30.5 Å². The van der Waals surface area contributed by atoms with Crippen molar-refractivity contribution < 1.29 is 28.6 Å². The average molecular weight is 494 g/mol.